The molecule has 0 aromatic carbocycles. The molecule has 1 saturated carbocycles. The lowest BCUT2D eigenvalue weighted by Gasteiger charge is -2.11. The molecule has 0 spiro atoms. The van der Waals surface area contributed by atoms with Crippen LogP contribution in [0.1, 0.15) is 18.7 Å². The highest BCUT2D eigenvalue weighted by Crippen LogP contribution is 2.30. The largest absolute Gasteiger partial charge is 0.451 e. The fourth-order valence-electron chi connectivity index (χ4n) is 1.36. The molecule has 0 unspecified atom stereocenters. The van der Waals surface area contributed by atoms with Crippen LogP contribution in [0.5, 0.6) is 0 Å². The van der Waals surface area contributed by atoms with Crippen LogP contribution in [0.4, 0.5) is 24.8 Å². The summed E-state index contributed by atoms with van der Waals surface area (Å²) in [7, 11) is 1.52. The molecule has 2 N–H and O–H groups in total. The molecule has 0 amide bonds. The predicted octanol–water partition coefficient (Wildman–Crippen LogP) is 2.36. The van der Waals surface area contributed by atoms with E-state index in [0.29, 0.717) is 12.5 Å². The number of nitrogens with one attached hydrogen (secondary N) is 2. The maximum atomic E-state index is 12.5. The van der Waals surface area contributed by atoms with Crippen molar-refractivity contribution in [3.8, 4) is 0 Å². The van der Waals surface area contributed by atoms with E-state index in [4.69, 9.17) is 0 Å². The molecule has 1 aromatic heterocycles. The Kier molecular flexibility index (Phi) is 3.08. The third kappa shape index (κ3) is 3.21. The minimum absolute atomic E-state index is 0.158. The van der Waals surface area contributed by atoms with Crippen LogP contribution in [0.15, 0.2) is 6.07 Å². The van der Waals surface area contributed by atoms with Crippen LogP contribution in [-0.2, 0) is 6.18 Å². The number of halogens is 3. The van der Waals surface area contributed by atoms with E-state index in [-0.39, 0.29) is 11.6 Å². The van der Waals surface area contributed by atoms with Gasteiger partial charge in [-0.25, -0.2) is 9.97 Å². The highest BCUT2D eigenvalue weighted by Gasteiger charge is 2.35. The summed E-state index contributed by atoms with van der Waals surface area (Å²) in [4.78, 5) is 6.84. The van der Waals surface area contributed by atoms with Gasteiger partial charge in [0.1, 0.15) is 11.6 Å². The van der Waals surface area contributed by atoms with Crippen LogP contribution in [0.2, 0.25) is 0 Å². The van der Waals surface area contributed by atoms with E-state index in [1.807, 2.05) is 0 Å². The third-order valence-corrected chi connectivity index (χ3v) is 2.50. The zero-order valence-electron chi connectivity index (χ0n) is 9.30. The van der Waals surface area contributed by atoms with E-state index >= 15 is 0 Å². The van der Waals surface area contributed by atoms with Crippen LogP contribution in [0.25, 0.3) is 0 Å². The van der Waals surface area contributed by atoms with Crippen molar-refractivity contribution in [1.29, 1.82) is 0 Å². The molecule has 0 atom stereocenters. The highest BCUT2D eigenvalue weighted by molar-refractivity contribution is 5.47. The third-order valence-electron chi connectivity index (χ3n) is 2.50. The molecule has 1 fully saturated rings. The first-order valence-corrected chi connectivity index (χ1v) is 5.37. The first-order valence-electron chi connectivity index (χ1n) is 5.37. The van der Waals surface area contributed by atoms with Gasteiger partial charge in [0, 0.05) is 19.7 Å². The van der Waals surface area contributed by atoms with Crippen LogP contribution in [-0.4, -0.2) is 23.6 Å². The zero-order chi connectivity index (χ0) is 12.5. The van der Waals surface area contributed by atoms with Crippen molar-refractivity contribution in [3.63, 3.8) is 0 Å². The topological polar surface area (TPSA) is 49.8 Å². The maximum Gasteiger partial charge on any atom is 0.451 e. The smallest absolute Gasteiger partial charge is 0.373 e. The Labute approximate surface area is 96.7 Å². The average molecular weight is 246 g/mol. The zero-order valence-corrected chi connectivity index (χ0v) is 9.30. The van der Waals surface area contributed by atoms with Gasteiger partial charge in [-0.2, -0.15) is 13.2 Å². The van der Waals surface area contributed by atoms with Crippen molar-refractivity contribution in [2.24, 2.45) is 5.92 Å². The molecule has 0 saturated heterocycles. The van der Waals surface area contributed by atoms with Crippen LogP contribution >= 0.6 is 0 Å². The van der Waals surface area contributed by atoms with Gasteiger partial charge in [0.05, 0.1) is 0 Å². The summed E-state index contributed by atoms with van der Waals surface area (Å²) >= 11 is 0. The van der Waals surface area contributed by atoms with Crippen molar-refractivity contribution < 1.29 is 13.2 Å². The summed E-state index contributed by atoms with van der Waals surface area (Å²) in [5.74, 6) is -0.186. The lowest BCUT2D eigenvalue weighted by molar-refractivity contribution is -0.144. The second-order valence-electron chi connectivity index (χ2n) is 4.03. The van der Waals surface area contributed by atoms with Crippen molar-refractivity contribution in [3.05, 3.63) is 11.9 Å². The molecule has 0 radical (unpaired) electrons. The first-order chi connectivity index (χ1) is 7.99. The van der Waals surface area contributed by atoms with E-state index in [0.717, 1.165) is 12.8 Å². The van der Waals surface area contributed by atoms with Gasteiger partial charge in [-0.15, -0.1) is 0 Å². The Morgan fingerprint density at radius 1 is 1.29 bits per heavy atom. The Hall–Kier alpha value is -1.53. The molecular weight excluding hydrogens is 233 g/mol. The summed E-state index contributed by atoms with van der Waals surface area (Å²) < 4.78 is 37.5. The van der Waals surface area contributed by atoms with Crippen molar-refractivity contribution >= 4 is 11.6 Å². The number of hydrogen-bond donors (Lipinski definition) is 2. The first kappa shape index (κ1) is 11.9. The van der Waals surface area contributed by atoms with E-state index in [1.54, 1.807) is 0 Å². The second kappa shape index (κ2) is 4.38. The highest BCUT2D eigenvalue weighted by atomic mass is 19.4. The number of aromatic nitrogens is 2. The summed E-state index contributed by atoms with van der Waals surface area (Å²) in [6, 6.07) is 1.47. The molecule has 2 rings (SSSR count). The monoisotopic (exact) mass is 246 g/mol. The van der Waals surface area contributed by atoms with Crippen molar-refractivity contribution in [2.45, 2.75) is 19.0 Å². The molecule has 0 aliphatic heterocycles. The minimum atomic E-state index is -4.52. The van der Waals surface area contributed by atoms with E-state index < -0.39 is 12.0 Å². The number of hydrogen-bond acceptors (Lipinski definition) is 4. The fraction of sp³-hybridized carbons (Fsp3) is 0.600. The normalized spacial score (nSPS) is 15.8. The van der Waals surface area contributed by atoms with Gasteiger partial charge < -0.3 is 10.6 Å². The van der Waals surface area contributed by atoms with E-state index in [1.165, 1.54) is 13.1 Å². The van der Waals surface area contributed by atoms with Crippen LogP contribution < -0.4 is 10.6 Å². The minimum Gasteiger partial charge on any atom is -0.373 e. The Morgan fingerprint density at radius 3 is 2.47 bits per heavy atom. The van der Waals surface area contributed by atoms with Gasteiger partial charge in [-0.1, -0.05) is 0 Å². The van der Waals surface area contributed by atoms with Gasteiger partial charge in [-0.3, -0.25) is 0 Å². The van der Waals surface area contributed by atoms with E-state index in [2.05, 4.69) is 20.6 Å². The molecule has 4 nitrogen and oxygen atoms in total. The maximum absolute atomic E-state index is 12.5. The van der Waals surface area contributed by atoms with Crippen LogP contribution in [0, 0.1) is 5.92 Å². The van der Waals surface area contributed by atoms with Crippen LogP contribution in [0.3, 0.4) is 0 Å². The number of alkyl halides is 3. The lowest BCUT2D eigenvalue weighted by Crippen LogP contribution is -2.15. The van der Waals surface area contributed by atoms with Crippen molar-refractivity contribution in [2.75, 3.05) is 24.2 Å². The van der Waals surface area contributed by atoms with Gasteiger partial charge in [0.15, 0.2) is 0 Å². The van der Waals surface area contributed by atoms with Gasteiger partial charge >= 0.3 is 6.18 Å². The summed E-state index contributed by atoms with van der Waals surface area (Å²) in [5.41, 5.74) is 0. The molecule has 0 bridgehead atoms. The molecule has 17 heavy (non-hydrogen) atoms. The number of anilines is 2. The Morgan fingerprint density at radius 2 is 1.94 bits per heavy atom. The number of nitrogens with zero attached hydrogens (tertiary/aromatic N) is 2. The molecule has 1 heterocycles. The quantitative estimate of drug-likeness (QED) is 0.856. The van der Waals surface area contributed by atoms with Gasteiger partial charge in [0.2, 0.25) is 5.82 Å². The molecule has 94 valence electrons. The average Bonchev–Trinajstić information content (AvgIpc) is 3.08. The number of rotatable bonds is 4. The molecule has 1 aromatic rings. The lowest BCUT2D eigenvalue weighted by atomic mass is 10.4. The summed E-state index contributed by atoms with van der Waals surface area (Å²) in [5, 5.41) is 5.49. The van der Waals surface area contributed by atoms with Gasteiger partial charge in [-0.05, 0) is 18.8 Å². The fourth-order valence-corrected chi connectivity index (χ4v) is 1.36. The summed E-state index contributed by atoms with van der Waals surface area (Å²) in [6.07, 6.45) is -2.27. The molecule has 1 aliphatic carbocycles. The molecule has 7 heteroatoms. The van der Waals surface area contributed by atoms with Gasteiger partial charge in [0.25, 0.3) is 0 Å². The molecule has 1 aliphatic rings. The standard InChI is InChI=1S/C10H13F3N4/c1-14-7-4-8(15-5-6-2-3-6)17-9(16-7)10(11,12)13/h4,6H,2-3,5H2,1H3,(H2,14,15,16,17). The SMILES string of the molecule is CNc1cc(NCC2CC2)nc(C(F)(F)F)n1. The Balaban J connectivity index is 2.18. The predicted molar refractivity (Wildman–Crippen MR) is 57.8 cm³/mol. The van der Waals surface area contributed by atoms with Crippen molar-refractivity contribution in [1.82, 2.24) is 9.97 Å². The van der Waals surface area contributed by atoms with E-state index in [9.17, 15) is 13.2 Å². The second-order valence-corrected chi connectivity index (χ2v) is 4.03. The summed E-state index contributed by atoms with van der Waals surface area (Å²) in [6.45, 7) is 0.664. The molecular formula is C10H13F3N4. The Bertz CT molecular complexity index is 401.